The lowest BCUT2D eigenvalue weighted by molar-refractivity contribution is -0.120. The first-order chi connectivity index (χ1) is 13.6. The fraction of sp³-hybridized carbons (Fsp3) is 0.333. The van der Waals surface area contributed by atoms with E-state index in [9.17, 15) is 4.79 Å². The zero-order chi connectivity index (χ0) is 19.5. The first kappa shape index (κ1) is 18.2. The van der Waals surface area contributed by atoms with E-state index in [0.717, 1.165) is 29.0 Å². The van der Waals surface area contributed by atoms with Crippen LogP contribution in [0.4, 0.5) is 11.4 Å². The third-order valence-electron chi connectivity index (χ3n) is 4.86. The predicted octanol–water partition coefficient (Wildman–Crippen LogP) is 3.07. The Morgan fingerprint density at radius 3 is 2.57 bits per heavy atom. The SMILES string of the molecule is CC(C)Cn1cc(-c2ccc(NC(=O)C3CN(c4ccnnc4)C3)cc2)cn1. The molecule has 0 unspecified atom stereocenters. The summed E-state index contributed by atoms with van der Waals surface area (Å²) in [5.74, 6) is 0.598. The lowest BCUT2D eigenvalue weighted by Gasteiger charge is -2.39. The van der Waals surface area contributed by atoms with Gasteiger partial charge in [0.1, 0.15) is 0 Å². The molecule has 0 bridgehead atoms. The minimum absolute atomic E-state index is 0.0119. The van der Waals surface area contributed by atoms with Crippen molar-refractivity contribution in [3.63, 3.8) is 0 Å². The van der Waals surface area contributed by atoms with Gasteiger partial charge in [0.25, 0.3) is 0 Å². The first-order valence-corrected chi connectivity index (χ1v) is 9.54. The van der Waals surface area contributed by atoms with Gasteiger partial charge in [-0.05, 0) is 29.7 Å². The van der Waals surface area contributed by atoms with E-state index < -0.39 is 0 Å². The zero-order valence-corrected chi connectivity index (χ0v) is 16.1. The molecule has 1 aliphatic rings. The minimum atomic E-state index is -0.0119. The Morgan fingerprint density at radius 1 is 1.11 bits per heavy atom. The van der Waals surface area contributed by atoms with Crippen LogP contribution >= 0.6 is 0 Å². The number of hydrogen-bond acceptors (Lipinski definition) is 5. The summed E-state index contributed by atoms with van der Waals surface area (Å²) in [5.41, 5.74) is 3.99. The minimum Gasteiger partial charge on any atom is -0.368 e. The molecule has 0 spiro atoms. The smallest absolute Gasteiger partial charge is 0.231 e. The number of carbonyl (C=O) groups is 1. The topological polar surface area (TPSA) is 75.9 Å². The maximum atomic E-state index is 12.5. The van der Waals surface area contributed by atoms with Crippen molar-refractivity contribution >= 4 is 17.3 Å². The lowest BCUT2D eigenvalue weighted by atomic mass is 9.98. The van der Waals surface area contributed by atoms with Crippen LogP contribution in [0.5, 0.6) is 0 Å². The first-order valence-electron chi connectivity index (χ1n) is 9.54. The molecule has 28 heavy (non-hydrogen) atoms. The molecule has 1 saturated heterocycles. The second-order valence-corrected chi connectivity index (χ2v) is 7.61. The predicted molar refractivity (Wildman–Crippen MR) is 109 cm³/mol. The van der Waals surface area contributed by atoms with Gasteiger partial charge >= 0.3 is 0 Å². The van der Waals surface area contributed by atoms with E-state index in [1.807, 2.05) is 41.2 Å². The van der Waals surface area contributed by atoms with Gasteiger partial charge in [-0.15, -0.1) is 0 Å². The van der Waals surface area contributed by atoms with Crippen molar-refractivity contribution in [3.05, 3.63) is 55.1 Å². The number of rotatable bonds is 6. The summed E-state index contributed by atoms with van der Waals surface area (Å²) in [4.78, 5) is 14.6. The van der Waals surface area contributed by atoms with Gasteiger partial charge in [-0.1, -0.05) is 26.0 Å². The molecule has 3 heterocycles. The van der Waals surface area contributed by atoms with Crippen molar-refractivity contribution in [1.82, 2.24) is 20.0 Å². The highest BCUT2D eigenvalue weighted by Gasteiger charge is 2.32. The Bertz CT molecular complexity index is 929. The molecule has 144 valence electrons. The van der Waals surface area contributed by atoms with E-state index in [1.165, 1.54) is 0 Å². The largest absolute Gasteiger partial charge is 0.368 e. The summed E-state index contributed by atoms with van der Waals surface area (Å²) in [6.45, 7) is 6.65. The van der Waals surface area contributed by atoms with Gasteiger partial charge in [0.05, 0.1) is 30.2 Å². The molecule has 1 N–H and O–H groups in total. The van der Waals surface area contributed by atoms with Crippen LogP contribution in [0.15, 0.2) is 55.1 Å². The summed E-state index contributed by atoms with van der Waals surface area (Å²) in [6, 6.07) is 9.82. The molecule has 1 aliphatic heterocycles. The standard InChI is InChI=1S/C21H24N6O/c1-15(2)11-27-14-17(9-24-27)16-3-5-19(6-4-16)25-21(28)18-12-26(13-18)20-7-8-22-23-10-20/h3-10,14-15,18H,11-13H2,1-2H3,(H,25,28). The molecule has 7 heteroatoms. The molecule has 0 radical (unpaired) electrons. The van der Waals surface area contributed by atoms with Gasteiger partial charge in [0, 0.05) is 37.1 Å². The van der Waals surface area contributed by atoms with E-state index >= 15 is 0 Å². The molecular formula is C21H24N6O. The monoisotopic (exact) mass is 376 g/mol. The van der Waals surface area contributed by atoms with Crippen LogP contribution in [-0.2, 0) is 11.3 Å². The summed E-state index contributed by atoms with van der Waals surface area (Å²) in [7, 11) is 0. The van der Waals surface area contributed by atoms with E-state index in [4.69, 9.17) is 0 Å². The summed E-state index contributed by atoms with van der Waals surface area (Å²) in [6.07, 6.45) is 7.32. The fourth-order valence-electron chi connectivity index (χ4n) is 3.30. The van der Waals surface area contributed by atoms with Gasteiger partial charge < -0.3 is 10.2 Å². The Labute approximate surface area is 164 Å². The molecule has 1 amide bonds. The number of anilines is 2. The van der Waals surface area contributed by atoms with E-state index in [-0.39, 0.29) is 11.8 Å². The molecule has 0 atom stereocenters. The highest BCUT2D eigenvalue weighted by atomic mass is 16.2. The summed E-state index contributed by atoms with van der Waals surface area (Å²) >= 11 is 0. The molecule has 1 aromatic carbocycles. The van der Waals surface area contributed by atoms with Crippen LogP contribution < -0.4 is 10.2 Å². The van der Waals surface area contributed by atoms with E-state index in [0.29, 0.717) is 19.0 Å². The van der Waals surface area contributed by atoms with Crippen LogP contribution in [0, 0.1) is 11.8 Å². The molecule has 0 aliphatic carbocycles. The highest BCUT2D eigenvalue weighted by molar-refractivity contribution is 5.94. The van der Waals surface area contributed by atoms with Crippen LogP contribution in [0.25, 0.3) is 11.1 Å². The van der Waals surface area contributed by atoms with Crippen LogP contribution in [-0.4, -0.2) is 39.0 Å². The Hall–Kier alpha value is -3.22. The number of carbonyl (C=O) groups excluding carboxylic acids is 1. The summed E-state index contributed by atoms with van der Waals surface area (Å²) < 4.78 is 1.97. The quantitative estimate of drug-likeness (QED) is 0.715. The highest BCUT2D eigenvalue weighted by Crippen LogP contribution is 2.25. The number of nitrogens with one attached hydrogen (secondary N) is 1. The molecule has 2 aromatic heterocycles. The van der Waals surface area contributed by atoms with Gasteiger partial charge in [-0.25, -0.2) is 0 Å². The Kier molecular flexibility index (Phi) is 5.06. The van der Waals surface area contributed by atoms with Crippen molar-refractivity contribution in [2.75, 3.05) is 23.3 Å². The van der Waals surface area contributed by atoms with Crippen molar-refractivity contribution in [3.8, 4) is 11.1 Å². The zero-order valence-electron chi connectivity index (χ0n) is 16.1. The molecule has 1 fully saturated rings. The van der Waals surface area contributed by atoms with Crippen LogP contribution in [0.3, 0.4) is 0 Å². The van der Waals surface area contributed by atoms with Crippen molar-refractivity contribution in [1.29, 1.82) is 0 Å². The lowest BCUT2D eigenvalue weighted by Crippen LogP contribution is -2.52. The van der Waals surface area contributed by atoms with Gasteiger partial charge in [0.15, 0.2) is 0 Å². The number of hydrogen-bond donors (Lipinski definition) is 1. The Morgan fingerprint density at radius 2 is 1.89 bits per heavy atom. The van der Waals surface area contributed by atoms with Crippen molar-refractivity contribution < 1.29 is 4.79 Å². The van der Waals surface area contributed by atoms with E-state index in [2.05, 4.69) is 45.6 Å². The van der Waals surface area contributed by atoms with Crippen LogP contribution in [0.2, 0.25) is 0 Å². The second kappa shape index (κ2) is 7.80. The van der Waals surface area contributed by atoms with Crippen LogP contribution in [0.1, 0.15) is 13.8 Å². The van der Waals surface area contributed by atoms with Crippen molar-refractivity contribution in [2.45, 2.75) is 20.4 Å². The van der Waals surface area contributed by atoms with Gasteiger partial charge in [0.2, 0.25) is 5.91 Å². The molecule has 4 rings (SSSR count). The number of aromatic nitrogens is 4. The average molecular weight is 376 g/mol. The molecule has 3 aromatic rings. The number of benzene rings is 1. The Balaban J connectivity index is 1.32. The molecule has 7 nitrogen and oxygen atoms in total. The number of amides is 1. The average Bonchev–Trinajstić information content (AvgIpc) is 3.10. The number of nitrogens with zero attached hydrogens (tertiary/aromatic N) is 5. The summed E-state index contributed by atoms with van der Waals surface area (Å²) in [5, 5.41) is 15.1. The maximum absolute atomic E-state index is 12.5. The normalized spacial score (nSPS) is 14.2. The van der Waals surface area contributed by atoms with Crippen molar-refractivity contribution in [2.24, 2.45) is 11.8 Å². The van der Waals surface area contributed by atoms with Gasteiger partial charge in [-0.3, -0.25) is 9.48 Å². The van der Waals surface area contributed by atoms with Gasteiger partial charge in [-0.2, -0.15) is 15.3 Å². The third kappa shape index (κ3) is 4.03. The molecular weight excluding hydrogens is 352 g/mol. The maximum Gasteiger partial charge on any atom is 0.231 e. The third-order valence-corrected chi connectivity index (χ3v) is 4.86. The van der Waals surface area contributed by atoms with E-state index in [1.54, 1.807) is 12.4 Å². The fourth-order valence-corrected chi connectivity index (χ4v) is 3.30. The molecule has 0 saturated carbocycles. The second-order valence-electron chi connectivity index (χ2n) is 7.61.